The van der Waals surface area contributed by atoms with Crippen molar-refractivity contribution in [2.24, 2.45) is 0 Å². The standard InChI is InChI=1S/C7H3ClF3.Zn/c8-6-3-1-2-5(4-6)7(9,10)11;/h1-2,4H;/q-1;. The second-order valence-electron chi connectivity index (χ2n) is 1.92. The van der Waals surface area contributed by atoms with Gasteiger partial charge in [-0.25, -0.2) is 0 Å². The molecule has 0 spiro atoms. The fourth-order valence-electron chi connectivity index (χ4n) is 0.614. The summed E-state index contributed by atoms with van der Waals surface area (Å²) in [5.74, 6) is 0. The second-order valence-corrected chi connectivity index (χ2v) is 2.33. The molecule has 0 heterocycles. The van der Waals surface area contributed by atoms with Gasteiger partial charge in [-0.3, -0.25) is 0 Å². The molecule has 1 aromatic carbocycles. The Balaban J connectivity index is 0.00000121. The summed E-state index contributed by atoms with van der Waals surface area (Å²) in [6.07, 6.45) is -4.32. The van der Waals surface area contributed by atoms with Gasteiger partial charge in [0.25, 0.3) is 0 Å². The maximum absolute atomic E-state index is 11.9. The van der Waals surface area contributed by atoms with E-state index in [-0.39, 0.29) is 24.5 Å². The fourth-order valence-corrected chi connectivity index (χ4v) is 0.794. The summed E-state index contributed by atoms with van der Waals surface area (Å²) in [6, 6.07) is 5.31. The molecule has 0 saturated carbocycles. The smallest absolute Gasteiger partial charge is 0.175 e. The van der Waals surface area contributed by atoms with E-state index in [9.17, 15) is 13.2 Å². The molecule has 0 fully saturated rings. The predicted molar refractivity (Wildman–Crippen MR) is 35.3 cm³/mol. The van der Waals surface area contributed by atoms with Crippen molar-refractivity contribution in [3.63, 3.8) is 0 Å². The van der Waals surface area contributed by atoms with Crippen LogP contribution in [0.25, 0.3) is 0 Å². The van der Waals surface area contributed by atoms with Crippen LogP contribution < -0.4 is 0 Å². The molecule has 1 aromatic rings. The summed E-state index contributed by atoms with van der Waals surface area (Å²) in [7, 11) is 0. The number of rotatable bonds is 0. The van der Waals surface area contributed by atoms with Gasteiger partial charge in [0.1, 0.15) is 0 Å². The number of hydrogen-bond donors (Lipinski definition) is 0. The van der Waals surface area contributed by atoms with Gasteiger partial charge in [-0.05, 0) is 0 Å². The SMILES string of the molecule is FC(F)(F)c1cc[c-]c(Cl)c1.[Zn]. The van der Waals surface area contributed by atoms with Crippen LogP contribution in [0.1, 0.15) is 5.56 Å². The van der Waals surface area contributed by atoms with Crippen LogP contribution in [0.3, 0.4) is 0 Å². The predicted octanol–water partition coefficient (Wildman–Crippen LogP) is 3.16. The third kappa shape index (κ3) is 3.12. The van der Waals surface area contributed by atoms with Crippen LogP contribution in [0.4, 0.5) is 13.2 Å². The minimum absolute atomic E-state index is 0. The molecule has 62 valence electrons. The topological polar surface area (TPSA) is 0 Å². The van der Waals surface area contributed by atoms with E-state index in [4.69, 9.17) is 11.6 Å². The summed E-state index contributed by atoms with van der Waals surface area (Å²) >= 11 is 5.30. The average molecular weight is 245 g/mol. The molecule has 0 atom stereocenters. The zero-order valence-corrected chi connectivity index (χ0v) is 9.67. The van der Waals surface area contributed by atoms with Gasteiger partial charge in [0.15, 0.2) is 0 Å². The summed E-state index contributed by atoms with van der Waals surface area (Å²) in [5, 5.41) is -0.0279. The van der Waals surface area contributed by atoms with Crippen molar-refractivity contribution in [3.8, 4) is 0 Å². The maximum atomic E-state index is 11.9. The number of hydrogen-bond acceptors (Lipinski definition) is 0. The van der Waals surface area contributed by atoms with Gasteiger partial charge in [-0.2, -0.15) is 31.4 Å². The zero-order valence-electron chi connectivity index (χ0n) is 5.95. The Kier molecular flexibility index (Phi) is 4.22. The summed E-state index contributed by atoms with van der Waals surface area (Å²) in [5.41, 5.74) is -0.749. The molecule has 0 aliphatic heterocycles. The van der Waals surface area contributed by atoms with E-state index < -0.39 is 11.7 Å². The minimum Gasteiger partial charge on any atom is -0.175 e. The summed E-state index contributed by atoms with van der Waals surface area (Å²) < 4.78 is 35.7. The molecule has 0 aromatic heterocycles. The van der Waals surface area contributed by atoms with Crippen LogP contribution >= 0.6 is 11.6 Å². The van der Waals surface area contributed by atoms with Crippen molar-refractivity contribution in [1.29, 1.82) is 0 Å². The molecule has 5 heteroatoms. The summed E-state index contributed by atoms with van der Waals surface area (Å²) in [6.45, 7) is 0. The first kappa shape index (κ1) is 11.9. The quantitative estimate of drug-likeness (QED) is 0.486. The Morgan fingerprint density at radius 1 is 1.33 bits per heavy atom. The fraction of sp³-hybridized carbons (Fsp3) is 0.143. The van der Waals surface area contributed by atoms with Crippen molar-refractivity contribution in [2.75, 3.05) is 0 Å². The van der Waals surface area contributed by atoms with Crippen LogP contribution in [0.15, 0.2) is 18.2 Å². The maximum Gasteiger partial charge on any atom is 0.394 e. The third-order valence-corrected chi connectivity index (χ3v) is 1.31. The Hall–Kier alpha value is -0.0766. The monoisotopic (exact) mass is 243 g/mol. The molecular weight excluding hydrogens is 242 g/mol. The minimum atomic E-state index is -4.32. The molecule has 0 aliphatic carbocycles. The molecule has 0 aliphatic rings. The number of benzene rings is 1. The molecule has 1 rings (SSSR count). The Morgan fingerprint density at radius 2 is 1.92 bits per heavy atom. The van der Waals surface area contributed by atoms with Crippen LogP contribution in [0, 0.1) is 6.07 Å². The van der Waals surface area contributed by atoms with E-state index in [2.05, 4.69) is 6.07 Å². The van der Waals surface area contributed by atoms with E-state index in [1.807, 2.05) is 0 Å². The zero-order chi connectivity index (χ0) is 8.48. The van der Waals surface area contributed by atoms with Gasteiger partial charge in [0, 0.05) is 19.5 Å². The first-order valence-electron chi connectivity index (χ1n) is 2.74. The van der Waals surface area contributed by atoms with E-state index in [0.717, 1.165) is 18.2 Å². The van der Waals surface area contributed by atoms with E-state index in [1.54, 1.807) is 0 Å². The van der Waals surface area contributed by atoms with Crippen LogP contribution in [-0.2, 0) is 25.7 Å². The van der Waals surface area contributed by atoms with Crippen molar-refractivity contribution >= 4 is 11.6 Å². The molecular formula is C7H3ClF3Zn-. The molecule has 0 saturated heterocycles. The molecule has 0 nitrogen and oxygen atoms in total. The van der Waals surface area contributed by atoms with Crippen molar-refractivity contribution in [1.82, 2.24) is 0 Å². The van der Waals surface area contributed by atoms with E-state index in [1.165, 1.54) is 0 Å². The Bertz CT molecular complexity index is 259. The van der Waals surface area contributed by atoms with Gasteiger partial charge < -0.3 is 0 Å². The third-order valence-electron chi connectivity index (χ3n) is 1.09. The van der Waals surface area contributed by atoms with Gasteiger partial charge in [-0.1, -0.05) is 10.6 Å². The Morgan fingerprint density at radius 3 is 2.25 bits per heavy atom. The normalized spacial score (nSPS) is 10.7. The molecule has 0 bridgehead atoms. The molecule has 0 unspecified atom stereocenters. The van der Waals surface area contributed by atoms with Crippen LogP contribution in [0.5, 0.6) is 0 Å². The van der Waals surface area contributed by atoms with Gasteiger partial charge in [0.2, 0.25) is 0 Å². The van der Waals surface area contributed by atoms with Crippen LogP contribution in [0.2, 0.25) is 5.02 Å². The van der Waals surface area contributed by atoms with Crippen molar-refractivity contribution in [2.45, 2.75) is 6.18 Å². The van der Waals surface area contributed by atoms with E-state index in [0.29, 0.717) is 0 Å². The van der Waals surface area contributed by atoms with Gasteiger partial charge >= 0.3 is 6.18 Å². The van der Waals surface area contributed by atoms with Crippen molar-refractivity contribution in [3.05, 3.63) is 34.9 Å². The van der Waals surface area contributed by atoms with Gasteiger partial charge in [-0.15, -0.1) is 17.7 Å². The second kappa shape index (κ2) is 4.24. The number of halogens is 4. The molecule has 0 amide bonds. The molecule has 0 N–H and O–H groups in total. The number of alkyl halides is 3. The molecule has 0 radical (unpaired) electrons. The van der Waals surface area contributed by atoms with Crippen molar-refractivity contribution < 1.29 is 32.6 Å². The largest absolute Gasteiger partial charge is 0.394 e. The Labute approximate surface area is 85.5 Å². The van der Waals surface area contributed by atoms with Crippen LogP contribution in [-0.4, -0.2) is 0 Å². The first-order chi connectivity index (χ1) is 5.00. The van der Waals surface area contributed by atoms with E-state index >= 15 is 0 Å². The first-order valence-corrected chi connectivity index (χ1v) is 3.12. The average Bonchev–Trinajstić information content (AvgIpc) is 1.86. The molecule has 12 heavy (non-hydrogen) atoms. The van der Waals surface area contributed by atoms with Gasteiger partial charge in [0.05, 0.1) is 0 Å². The summed E-state index contributed by atoms with van der Waals surface area (Å²) in [4.78, 5) is 0.